The fourth-order valence-electron chi connectivity index (χ4n) is 4.91. The molecule has 1 heterocycles. The third kappa shape index (κ3) is 5.61. The van der Waals surface area contributed by atoms with Gasteiger partial charge in [0.05, 0.1) is 19.3 Å². The Hall–Kier alpha value is -2.73. The topological polar surface area (TPSA) is 62.2 Å². The van der Waals surface area contributed by atoms with Crippen molar-refractivity contribution < 1.29 is 19.4 Å². The number of anilines is 1. The minimum atomic E-state index is -1.39. The number of carbonyl (C=O) groups is 1. The molecule has 6 nitrogen and oxygen atoms in total. The molecule has 0 bridgehead atoms. The Morgan fingerprint density at radius 3 is 2.45 bits per heavy atom. The number of benzene rings is 2. The van der Waals surface area contributed by atoms with Gasteiger partial charge in [-0.25, -0.2) is 0 Å². The SMILES string of the molecule is COc1ccc(N2CCN(C(=O)C(C)(C)O)C(Cc3ccccc3)C2)cc1OC1CCCC1. The molecule has 6 heteroatoms. The molecule has 1 aliphatic heterocycles. The van der Waals surface area contributed by atoms with Crippen LogP contribution in [0.2, 0.25) is 0 Å². The van der Waals surface area contributed by atoms with Crippen molar-refractivity contribution in [3.05, 3.63) is 54.1 Å². The number of rotatable bonds is 7. The largest absolute Gasteiger partial charge is 0.493 e. The van der Waals surface area contributed by atoms with E-state index in [0.29, 0.717) is 19.6 Å². The number of hydrogen-bond donors (Lipinski definition) is 1. The molecule has 4 rings (SSSR count). The van der Waals surface area contributed by atoms with Gasteiger partial charge in [-0.1, -0.05) is 30.3 Å². The summed E-state index contributed by atoms with van der Waals surface area (Å²) >= 11 is 0. The highest BCUT2D eigenvalue weighted by Gasteiger charge is 2.37. The smallest absolute Gasteiger partial charge is 0.254 e. The lowest BCUT2D eigenvalue weighted by atomic mass is 9.98. The summed E-state index contributed by atoms with van der Waals surface area (Å²) in [4.78, 5) is 17.2. The molecular weight excluding hydrogens is 416 g/mol. The molecule has 1 atom stereocenters. The third-order valence-corrected chi connectivity index (χ3v) is 6.69. The summed E-state index contributed by atoms with van der Waals surface area (Å²) in [5.41, 5.74) is 0.856. The lowest BCUT2D eigenvalue weighted by molar-refractivity contribution is -0.150. The summed E-state index contributed by atoms with van der Waals surface area (Å²) < 4.78 is 11.9. The predicted octanol–water partition coefficient (Wildman–Crippen LogP) is 4.05. The van der Waals surface area contributed by atoms with Crippen molar-refractivity contribution in [2.45, 2.75) is 63.7 Å². The Kier molecular flexibility index (Phi) is 7.13. The highest BCUT2D eigenvalue weighted by molar-refractivity contribution is 5.84. The zero-order valence-corrected chi connectivity index (χ0v) is 20.0. The number of aliphatic hydroxyl groups is 1. The van der Waals surface area contributed by atoms with Crippen LogP contribution in [-0.2, 0) is 11.2 Å². The first-order valence-electron chi connectivity index (χ1n) is 12.0. The van der Waals surface area contributed by atoms with Gasteiger partial charge >= 0.3 is 0 Å². The van der Waals surface area contributed by atoms with E-state index in [1.807, 2.05) is 29.2 Å². The van der Waals surface area contributed by atoms with Crippen LogP contribution in [-0.4, -0.2) is 60.4 Å². The van der Waals surface area contributed by atoms with E-state index in [4.69, 9.17) is 9.47 Å². The quantitative estimate of drug-likeness (QED) is 0.687. The van der Waals surface area contributed by atoms with Crippen LogP contribution in [0.5, 0.6) is 11.5 Å². The number of ether oxygens (including phenoxy) is 2. The van der Waals surface area contributed by atoms with Crippen LogP contribution in [0.1, 0.15) is 45.1 Å². The summed E-state index contributed by atoms with van der Waals surface area (Å²) in [6.07, 6.45) is 5.59. The third-order valence-electron chi connectivity index (χ3n) is 6.69. The average molecular weight is 453 g/mol. The number of amides is 1. The van der Waals surface area contributed by atoms with Gasteiger partial charge in [0.25, 0.3) is 5.91 Å². The zero-order chi connectivity index (χ0) is 23.4. The van der Waals surface area contributed by atoms with E-state index < -0.39 is 5.60 Å². The van der Waals surface area contributed by atoms with E-state index in [1.54, 1.807) is 21.0 Å². The van der Waals surface area contributed by atoms with E-state index in [9.17, 15) is 9.90 Å². The summed E-state index contributed by atoms with van der Waals surface area (Å²) in [6, 6.07) is 16.3. The molecule has 33 heavy (non-hydrogen) atoms. The van der Waals surface area contributed by atoms with Gasteiger partial charge in [-0.05, 0) is 63.6 Å². The van der Waals surface area contributed by atoms with Gasteiger partial charge < -0.3 is 24.4 Å². The minimum absolute atomic E-state index is 0.0404. The minimum Gasteiger partial charge on any atom is -0.493 e. The van der Waals surface area contributed by atoms with Gasteiger partial charge in [0.2, 0.25) is 0 Å². The van der Waals surface area contributed by atoms with Crippen molar-refractivity contribution in [1.29, 1.82) is 0 Å². The zero-order valence-electron chi connectivity index (χ0n) is 20.0. The summed E-state index contributed by atoms with van der Waals surface area (Å²) in [5.74, 6) is 1.32. The maximum atomic E-state index is 13.0. The molecule has 2 aromatic carbocycles. The summed E-state index contributed by atoms with van der Waals surface area (Å²) in [6.45, 7) is 5.08. The van der Waals surface area contributed by atoms with Crippen LogP contribution in [0.25, 0.3) is 0 Å². The number of nitrogens with zero attached hydrogens (tertiary/aromatic N) is 2. The Morgan fingerprint density at radius 2 is 1.79 bits per heavy atom. The van der Waals surface area contributed by atoms with Crippen molar-refractivity contribution >= 4 is 11.6 Å². The van der Waals surface area contributed by atoms with E-state index in [0.717, 1.165) is 36.4 Å². The molecule has 2 aliphatic rings. The maximum absolute atomic E-state index is 13.0. The Bertz CT molecular complexity index is 935. The van der Waals surface area contributed by atoms with Crippen molar-refractivity contribution in [3.8, 4) is 11.5 Å². The first-order chi connectivity index (χ1) is 15.8. The number of hydrogen-bond acceptors (Lipinski definition) is 5. The molecule has 0 aromatic heterocycles. The lowest BCUT2D eigenvalue weighted by Crippen LogP contribution is -2.60. The van der Waals surface area contributed by atoms with Crippen molar-refractivity contribution in [3.63, 3.8) is 0 Å². The molecule has 1 aliphatic carbocycles. The molecule has 1 saturated carbocycles. The second kappa shape index (κ2) is 10.0. The van der Waals surface area contributed by atoms with Crippen LogP contribution in [0.3, 0.4) is 0 Å². The van der Waals surface area contributed by atoms with Crippen LogP contribution >= 0.6 is 0 Å². The number of carbonyl (C=O) groups excluding carboxylic acids is 1. The lowest BCUT2D eigenvalue weighted by Gasteiger charge is -2.44. The van der Waals surface area contributed by atoms with Crippen molar-refractivity contribution in [2.24, 2.45) is 0 Å². The highest BCUT2D eigenvalue weighted by atomic mass is 16.5. The highest BCUT2D eigenvalue weighted by Crippen LogP contribution is 2.36. The second-order valence-electron chi connectivity index (χ2n) is 9.71. The first-order valence-corrected chi connectivity index (χ1v) is 12.0. The van der Waals surface area contributed by atoms with Crippen LogP contribution in [0.4, 0.5) is 5.69 Å². The fraction of sp³-hybridized carbons (Fsp3) is 0.519. The molecule has 1 unspecified atom stereocenters. The summed E-state index contributed by atoms with van der Waals surface area (Å²) in [5, 5.41) is 10.4. The van der Waals surface area contributed by atoms with Gasteiger partial charge in [-0.15, -0.1) is 0 Å². The van der Waals surface area contributed by atoms with Gasteiger partial charge in [-0.2, -0.15) is 0 Å². The molecule has 1 amide bonds. The maximum Gasteiger partial charge on any atom is 0.254 e. The van der Waals surface area contributed by atoms with Crippen LogP contribution in [0, 0.1) is 0 Å². The fourth-order valence-corrected chi connectivity index (χ4v) is 4.91. The molecule has 1 saturated heterocycles. The molecule has 1 N–H and O–H groups in total. The Morgan fingerprint density at radius 1 is 1.06 bits per heavy atom. The molecule has 0 spiro atoms. The number of piperazine rings is 1. The molecule has 178 valence electrons. The van der Waals surface area contributed by atoms with Crippen LogP contribution < -0.4 is 14.4 Å². The second-order valence-corrected chi connectivity index (χ2v) is 9.71. The Labute approximate surface area is 197 Å². The molecular formula is C27H36N2O4. The predicted molar refractivity (Wildman–Crippen MR) is 130 cm³/mol. The summed E-state index contributed by atoms with van der Waals surface area (Å²) in [7, 11) is 1.67. The molecule has 0 radical (unpaired) electrons. The normalized spacial score (nSPS) is 19.6. The van der Waals surface area contributed by atoms with Gasteiger partial charge in [0.1, 0.15) is 5.60 Å². The standard InChI is InChI=1S/C27H36N2O4/c1-27(2,31)26(30)29-16-15-28(19-22(29)17-20-9-5-4-6-10-20)21-13-14-24(32-3)25(18-21)33-23-11-7-8-12-23/h4-6,9-10,13-14,18,22-23,31H,7-8,11-12,15-17,19H2,1-3H3. The van der Waals surface area contributed by atoms with Gasteiger partial charge in [0.15, 0.2) is 11.5 Å². The van der Waals surface area contributed by atoms with E-state index >= 15 is 0 Å². The van der Waals surface area contributed by atoms with Gasteiger partial charge in [0, 0.05) is 31.4 Å². The average Bonchev–Trinajstić information content (AvgIpc) is 3.32. The Balaban J connectivity index is 1.56. The van der Waals surface area contributed by atoms with Crippen molar-refractivity contribution in [2.75, 3.05) is 31.6 Å². The van der Waals surface area contributed by atoms with Crippen LogP contribution in [0.15, 0.2) is 48.5 Å². The molecule has 2 aromatic rings. The van der Waals surface area contributed by atoms with E-state index in [2.05, 4.69) is 29.2 Å². The first kappa shape index (κ1) is 23.4. The van der Waals surface area contributed by atoms with E-state index in [1.165, 1.54) is 18.4 Å². The van der Waals surface area contributed by atoms with E-state index in [-0.39, 0.29) is 18.1 Å². The number of methoxy groups -OCH3 is 1. The monoisotopic (exact) mass is 452 g/mol. The van der Waals surface area contributed by atoms with Gasteiger partial charge in [-0.3, -0.25) is 4.79 Å². The molecule has 2 fully saturated rings. The van der Waals surface area contributed by atoms with Crippen molar-refractivity contribution in [1.82, 2.24) is 4.90 Å².